The summed E-state index contributed by atoms with van der Waals surface area (Å²) in [7, 11) is 0. The van der Waals surface area contributed by atoms with Crippen molar-refractivity contribution >= 4 is 0 Å². The highest BCUT2D eigenvalue weighted by atomic mass is 19.1. The van der Waals surface area contributed by atoms with Crippen LogP contribution in [-0.4, -0.2) is 24.7 Å². The molecule has 0 atom stereocenters. The van der Waals surface area contributed by atoms with Crippen LogP contribution < -0.4 is 0 Å². The van der Waals surface area contributed by atoms with Crippen molar-refractivity contribution in [1.29, 1.82) is 0 Å². The maximum absolute atomic E-state index is 14.0. The van der Waals surface area contributed by atoms with E-state index in [2.05, 4.69) is 15.1 Å². The molecule has 0 aliphatic rings. The molecule has 0 N–H and O–H groups in total. The van der Waals surface area contributed by atoms with Crippen molar-refractivity contribution < 1.29 is 8.78 Å². The third-order valence-electron chi connectivity index (χ3n) is 4.55. The van der Waals surface area contributed by atoms with Gasteiger partial charge in [0.15, 0.2) is 5.82 Å². The molecule has 140 valence electrons. The summed E-state index contributed by atoms with van der Waals surface area (Å²) in [5, 5.41) is 4.38. The standard InChI is InChI=1S/C21H17F2N5/c1-21(2,17-10-6-9-15(25-17)14-7-4-3-5-8-14)20-24-13-28(27-20)16-11-12-18(22)26-19(16)23/h3-13H,1-2H3. The number of hydrogen-bond donors (Lipinski definition) is 0. The van der Waals surface area contributed by atoms with Crippen molar-refractivity contribution in [2.75, 3.05) is 0 Å². The van der Waals surface area contributed by atoms with Gasteiger partial charge in [0.1, 0.15) is 12.0 Å². The van der Waals surface area contributed by atoms with Gasteiger partial charge in [0.2, 0.25) is 11.9 Å². The van der Waals surface area contributed by atoms with Crippen LogP contribution in [0, 0.1) is 11.9 Å². The number of halogens is 2. The predicted molar refractivity (Wildman–Crippen MR) is 101 cm³/mol. The molecule has 0 saturated carbocycles. The SMILES string of the molecule is CC(C)(c1cccc(-c2ccccc2)n1)c1ncn(-c2ccc(F)nc2F)n1. The molecule has 0 aliphatic heterocycles. The minimum absolute atomic E-state index is 0.0296. The number of benzene rings is 1. The average Bonchev–Trinajstić information content (AvgIpc) is 3.19. The van der Waals surface area contributed by atoms with Crippen LogP contribution >= 0.6 is 0 Å². The Hall–Kier alpha value is -3.48. The van der Waals surface area contributed by atoms with Crippen molar-refractivity contribution in [1.82, 2.24) is 24.7 Å². The minimum atomic E-state index is -0.946. The molecule has 5 nitrogen and oxygen atoms in total. The largest absolute Gasteiger partial charge is 0.252 e. The fraction of sp³-hybridized carbons (Fsp3) is 0.143. The fourth-order valence-electron chi connectivity index (χ4n) is 2.91. The molecule has 0 unspecified atom stereocenters. The Bertz CT molecular complexity index is 1120. The van der Waals surface area contributed by atoms with Gasteiger partial charge in [-0.2, -0.15) is 18.9 Å². The zero-order chi connectivity index (χ0) is 19.7. The molecular weight excluding hydrogens is 360 g/mol. The molecule has 1 aromatic carbocycles. The van der Waals surface area contributed by atoms with Crippen LogP contribution in [0.25, 0.3) is 16.9 Å². The first kappa shape index (κ1) is 17.9. The summed E-state index contributed by atoms with van der Waals surface area (Å²) in [6.07, 6.45) is 1.39. The molecule has 0 amide bonds. The minimum Gasteiger partial charge on any atom is -0.252 e. The van der Waals surface area contributed by atoms with Crippen LogP contribution in [0.5, 0.6) is 0 Å². The zero-order valence-corrected chi connectivity index (χ0v) is 15.3. The van der Waals surface area contributed by atoms with Gasteiger partial charge in [-0.15, -0.1) is 0 Å². The third-order valence-corrected chi connectivity index (χ3v) is 4.55. The summed E-state index contributed by atoms with van der Waals surface area (Å²) in [5.74, 6) is -1.36. The lowest BCUT2D eigenvalue weighted by molar-refractivity contribution is 0.503. The molecule has 3 aromatic heterocycles. The average molecular weight is 377 g/mol. The normalized spacial score (nSPS) is 11.6. The maximum Gasteiger partial charge on any atom is 0.241 e. The van der Waals surface area contributed by atoms with Crippen molar-refractivity contribution in [3.8, 4) is 16.9 Å². The van der Waals surface area contributed by atoms with Gasteiger partial charge in [-0.1, -0.05) is 36.4 Å². The van der Waals surface area contributed by atoms with E-state index in [9.17, 15) is 8.78 Å². The van der Waals surface area contributed by atoms with Crippen LogP contribution in [0.15, 0.2) is 67.0 Å². The Morgan fingerprint density at radius 3 is 2.39 bits per heavy atom. The molecule has 3 heterocycles. The second kappa shape index (κ2) is 6.92. The van der Waals surface area contributed by atoms with E-state index < -0.39 is 17.3 Å². The number of aromatic nitrogens is 5. The van der Waals surface area contributed by atoms with Gasteiger partial charge >= 0.3 is 0 Å². The second-order valence-corrected chi connectivity index (χ2v) is 6.86. The summed E-state index contributed by atoms with van der Waals surface area (Å²) in [6, 6.07) is 18.0. The van der Waals surface area contributed by atoms with Gasteiger partial charge in [0, 0.05) is 5.56 Å². The first-order valence-electron chi connectivity index (χ1n) is 8.72. The van der Waals surface area contributed by atoms with Gasteiger partial charge in [-0.05, 0) is 38.1 Å². The molecule has 4 aromatic rings. The van der Waals surface area contributed by atoms with Gasteiger partial charge in [-0.25, -0.2) is 9.67 Å². The van der Waals surface area contributed by atoms with Crippen LogP contribution in [-0.2, 0) is 5.41 Å². The summed E-state index contributed by atoms with van der Waals surface area (Å²) < 4.78 is 28.3. The fourth-order valence-corrected chi connectivity index (χ4v) is 2.91. The highest BCUT2D eigenvalue weighted by molar-refractivity contribution is 5.59. The van der Waals surface area contributed by atoms with Crippen LogP contribution in [0.2, 0.25) is 0 Å². The summed E-state index contributed by atoms with van der Waals surface area (Å²) >= 11 is 0. The smallest absolute Gasteiger partial charge is 0.241 e. The Balaban J connectivity index is 1.71. The monoisotopic (exact) mass is 377 g/mol. The van der Waals surface area contributed by atoms with E-state index in [1.807, 2.05) is 62.4 Å². The molecular formula is C21H17F2N5. The van der Waals surface area contributed by atoms with Gasteiger partial charge < -0.3 is 0 Å². The molecule has 28 heavy (non-hydrogen) atoms. The van der Waals surface area contributed by atoms with Gasteiger partial charge in [0.05, 0.1) is 16.8 Å². The predicted octanol–water partition coefficient (Wildman–Crippen LogP) is 4.33. The van der Waals surface area contributed by atoms with Crippen molar-refractivity contribution in [3.05, 3.63) is 90.4 Å². The van der Waals surface area contributed by atoms with Gasteiger partial charge in [0.25, 0.3) is 0 Å². The Morgan fingerprint density at radius 2 is 1.64 bits per heavy atom. The topological polar surface area (TPSA) is 56.5 Å². The lowest BCUT2D eigenvalue weighted by Crippen LogP contribution is -2.23. The van der Waals surface area contributed by atoms with Crippen molar-refractivity contribution in [2.45, 2.75) is 19.3 Å². The molecule has 0 aliphatic carbocycles. The van der Waals surface area contributed by atoms with E-state index in [1.54, 1.807) is 0 Å². The van der Waals surface area contributed by atoms with E-state index in [1.165, 1.54) is 17.1 Å². The van der Waals surface area contributed by atoms with Crippen LogP contribution in [0.3, 0.4) is 0 Å². The quantitative estimate of drug-likeness (QED) is 0.497. The molecule has 0 bridgehead atoms. The maximum atomic E-state index is 14.0. The second-order valence-electron chi connectivity index (χ2n) is 6.86. The lowest BCUT2D eigenvalue weighted by Gasteiger charge is -2.21. The van der Waals surface area contributed by atoms with Crippen LogP contribution in [0.4, 0.5) is 8.78 Å². The Morgan fingerprint density at radius 1 is 0.857 bits per heavy atom. The number of nitrogens with zero attached hydrogens (tertiary/aromatic N) is 5. The molecule has 0 saturated heterocycles. The van der Waals surface area contributed by atoms with E-state index in [0.29, 0.717) is 5.82 Å². The summed E-state index contributed by atoms with van der Waals surface area (Å²) in [4.78, 5) is 12.3. The van der Waals surface area contributed by atoms with Crippen molar-refractivity contribution in [2.24, 2.45) is 0 Å². The van der Waals surface area contributed by atoms with Crippen molar-refractivity contribution in [3.63, 3.8) is 0 Å². The zero-order valence-electron chi connectivity index (χ0n) is 15.3. The van der Waals surface area contributed by atoms with Gasteiger partial charge in [-0.3, -0.25) is 4.98 Å². The highest BCUT2D eigenvalue weighted by Crippen LogP contribution is 2.29. The number of hydrogen-bond acceptors (Lipinski definition) is 4. The first-order valence-corrected chi connectivity index (χ1v) is 8.72. The molecule has 0 radical (unpaired) electrons. The Labute approximate surface area is 160 Å². The highest BCUT2D eigenvalue weighted by Gasteiger charge is 2.30. The number of rotatable bonds is 4. The van der Waals surface area contributed by atoms with Crippen LogP contribution in [0.1, 0.15) is 25.4 Å². The summed E-state index contributed by atoms with van der Waals surface area (Å²) in [5.41, 5.74) is 2.05. The van der Waals surface area contributed by atoms with E-state index >= 15 is 0 Å². The summed E-state index contributed by atoms with van der Waals surface area (Å²) in [6.45, 7) is 3.89. The Kier molecular flexibility index (Phi) is 4.43. The molecule has 4 rings (SSSR count). The van der Waals surface area contributed by atoms with E-state index in [0.717, 1.165) is 23.0 Å². The molecule has 7 heteroatoms. The number of pyridine rings is 2. The lowest BCUT2D eigenvalue weighted by atomic mass is 9.87. The first-order chi connectivity index (χ1) is 13.4. The molecule has 0 fully saturated rings. The van der Waals surface area contributed by atoms with E-state index in [4.69, 9.17) is 4.98 Å². The third kappa shape index (κ3) is 3.26. The molecule has 0 spiro atoms. The van der Waals surface area contributed by atoms with E-state index in [-0.39, 0.29) is 5.69 Å².